The molecule has 2 aromatic rings. The van der Waals surface area contributed by atoms with Gasteiger partial charge < -0.3 is 14.4 Å². The predicted octanol–water partition coefficient (Wildman–Crippen LogP) is 2.22. The van der Waals surface area contributed by atoms with Crippen LogP contribution in [0, 0.1) is 0 Å². The summed E-state index contributed by atoms with van der Waals surface area (Å²) in [6, 6.07) is 8.29. The van der Waals surface area contributed by atoms with Crippen molar-refractivity contribution in [1.29, 1.82) is 0 Å². The lowest BCUT2D eigenvalue weighted by molar-refractivity contribution is -0.129. The maximum Gasteiger partial charge on any atom is 0.226 e. The van der Waals surface area contributed by atoms with Gasteiger partial charge in [-0.3, -0.25) is 4.79 Å². The van der Waals surface area contributed by atoms with Gasteiger partial charge in [0.25, 0.3) is 0 Å². The highest BCUT2D eigenvalue weighted by molar-refractivity contribution is 5.89. The molecule has 1 aromatic heterocycles. The Balaban J connectivity index is 2.14. The van der Waals surface area contributed by atoms with E-state index < -0.39 is 0 Å². The second-order valence-corrected chi connectivity index (χ2v) is 5.75. The Morgan fingerprint density at radius 2 is 1.86 bits per heavy atom. The third-order valence-electron chi connectivity index (χ3n) is 3.86. The zero-order chi connectivity index (χ0) is 15.4. The molecule has 114 valence electrons. The van der Waals surface area contributed by atoms with Crippen LogP contribution in [0.5, 0.6) is 0 Å². The summed E-state index contributed by atoms with van der Waals surface area (Å²) in [4.78, 5) is 16.3. The van der Waals surface area contributed by atoms with Crippen molar-refractivity contribution < 1.29 is 4.79 Å². The largest absolute Gasteiger partial charge is 0.347 e. The molecule has 0 saturated heterocycles. The van der Waals surface area contributed by atoms with E-state index in [1.165, 1.54) is 10.9 Å². The number of amides is 1. The lowest BCUT2D eigenvalue weighted by Crippen LogP contribution is -2.34. The van der Waals surface area contributed by atoms with Gasteiger partial charge in [-0.1, -0.05) is 18.2 Å². The summed E-state index contributed by atoms with van der Waals surface area (Å²) < 4.78 is 2.21. The fourth-order valence-electron chi connectivity index (χ4n) is 2.50. The molecule has 0 radical (unpaired) electrons. The van der Waals surface area contributed by atoms with Crippen LogP contribution >= 0.6 is 0 Å². The lowest BCUT2D eigenvalue weighted by atomic mass is 10.1. The van der Waals surface area contributed by atoms with E-state index in [0.717, 1.165) is 25.2 Å². The van der Waals surface area contributed by atoms with E-state index >= 15 is 0 Å². The van der Waals surface area contributed by atoms with E-state index in [2.05, 4.69) is 34.7 Å². The Bertz CT molecular complexity index is 616. The maximum absolute atomic E-state index is 12.4. The molecule has 0 bridgehead atoms. The van der Waals surface area contributed by atoms with Gasteiger partial charge in [0.05, 0.1) is 6.42 Å². The number of hydrogen-bond donors (Lipinski definition) is 0. The zero-order valence-electron chi connectivity index (χ0n) is 13.5. The molecule has 1 amide bonds. The van der Waals surface area contributed by atoms with Gasteiger partial charge in [0.1, 0.15) is 0 Å². The molecule has 0 saturated carbocycles. The van der Waals surface area contributed by atoms with Gasteiger partial charge in [0.2, 0.25) is 5.91 Å². The lowest BCUT2D eigenvalue weighted by Gasteiger charge is -2.19. The molecule has 4 heteroatoms. The highest BCUT2D eigenvalue weighted by atomic mass is 16.2. The number of carbonyl (C=O) groups is 1. The SMILES string of the molecule is CCn1cc(CC(=O)N(C)CCN(C)C)c2ccccc21. The second kappa shape index (κ2) is 6.76. The normalized spacial score (nSPS) is 11.3. The molecule has 0 unspecified atom stereocenters. The molecule has 0 aliphatic carbocycles. The molecule has 0 fully saturated rings. The van der Waals surface area contributed by atoms with E-state index in [1.807, 2.05) is 38.2 Å². The minimum Gasteiger partial charge on any atom is -0.347 e. The van der Waals surface area contributed by atoms with Gasteiger partial charge in [-0.25, -0.2) is 0 Å². The van der Waals surface area contributed by atoms with E-state index in [9.17, 15) is 4.79 Å². The van der Waals surface area contributed by atoms with Crippen molar-refractivity contribution in [3.8, 4) is 0 Å². The number of benzene rings is 1. The molecular formula is C17H25N3O. The van der Waals surface area contributed by atoms with Crippen LogP contribution in [0.3, 0.4) is 0 Å². The summed E-state index contributed by atoms with van der Waals surface area (Å²) >= 11 is 0. The molecule has 0 aliphatic rings. The Kier molecular flexibility index (Phi) is 5.02. The van der Waals surface area contributed by atoms with Gasteiger partial charge in [-0.05, 0) is 32.6 Å². The topological polar surface area (TPSA) is 28.5 Å². The molecule has 0 spiro atoms. The molecule has 4 nitrogen and oxygen atoms in total. The molecule has 1 heterocycles. The fraction of sp³-hybridized carbons (Fsp3) is 0.471. The van der Waals surface area contributed by atoms with Gasteiger partial charge in [-0.2, -0.15) is 0 Å². The Hall–Kier alpha value is -1.81. The van der Waals surface area contributed by atoms with Gasteiger partial charge in [0.15, 0.2) is 0 Å². The van der Waals surface area contributed by atoms with Crippen LogP contribution < -0.4 is 0 Å². The number of nitrogens with zero attached hydrogens (tertiary/aromatic N) is 3. The van der Waals surface area contributed by atoms with Crippen molar-refractivity contribution in [1.82, 2.24) is 14.4 Å². The number of aryl methyl sites for hydroxylation is 1. The second-order valence-electron chi connectivity index (χ2n) is 5.75. The smallest absolute Gasteiger partial charge is 0.226 e. The molecule has 2 rings (SSSR count). The standard InChI is InChI=1S/C17H25N3O/c1-5-20-13-14(15-8-6-7-9-16(15)20)12-17(21)19(4)11-10-18(2)3/h6-9,13H,5,10-12H2,1-4H3. The van der Waals surface area contributed by atoms with Crippen molar-refractivity contribution in [3.05, 3.63) is 36.0 Å². The molecule has 1 aromatic carbocycles. The van der Waals surface area contributed by atoms with Gasteiger partial charge >= 0.3 is 0 Å². The first-order valence-electron chi connectivity index (χ1n) is 7.48. The van der Waals surface area contributed by atoms with Gasteiger partial charge in [0, 0.05) is 43.8 Å². The first kappa shape index (κ1) is 15.6. The average Bonchev–Trinajstić information content (AvgIpc) is 2.83. The van der Waals surface area contributed by atoms with Crippen molar-refractivity contribution in [3.63, 3.8) is 0 Å². The molecule has 0 atom stereocenters. The molecule has 0 aliphatic heterocycles. The number of rotatable bonds is 6. The molecule has 21 heavy (non-hydrogen) atoms. The van der Waals surface area contributed by atoms with E-state index in [0.29, 0.717) is 6.42 Å². The van der Waals surface area contributed by atoms with Gasteiger partial charge in [-0.15, -0.1) is 0 Å². The minimum absolute atomic E-state index is 0.177. The van der Waals surface area contributed by atoms with Crippen LogP contribution in [0.1, 0.15) is 12.5 Å². The summed E-state index contributed by atoms with van der Waals surface area (Å²) in [7, 11) is 5.92. The monoisotopic (exact) mass is 287 g/mol. The highest BCUT2D eigenvalue weighted by Crippen LogP contribution is 2.22. The number of carbonyl (C=O) groups excluding carboxylic acids is 1. The van der Waals surface area contributed by atoms with Crippen LogP contribution in [-0.4, -0.2) is 54.5 Å². The van der Waals surface area contributed by atoms with Crippen LogP contribution in [0.15, 0.2) is 30.5 Å². The maximum atomic E-state index is 12.4. The third kappa shape index (κ3) is 3.64. The quantitative estimate of drug-likeness (QED) is 0.815. The summed E-state index contributed by atoms with van der Waals surface area (Å²) in [6.45, 7) is 4.70. The number of likely N-dealkylation sites (N-methyl/N-ethyl adjacent to an activating group) is 2. The Labute approximate surface area is 126 Å². The minimum atomic E-state index is 0.177. The van der Waals surface area contributed by atoms with Crippen LogP contribution in [-0.2, 0) is 17.8 Å². The summed E-state index contributed by atoms with van der Waals surface area (Å²) in [5.41, 5.74) is 2.33. The molecular weight excluding hydrogens is 262 g/mol. The number of aromatic nitrogens is 1. The molecule has 0 N–H and O–H groups in total. The summed E-state index contributed by atoms with van der Waals surface area (Å²) in [6.07, 6.45) is 2.58. The van der Waals surface area contributed by atoms with Crippen LogP contribution in [0.4, 0.5) is 0 Å². The first-order chi connectivity index (χ1) is 10.0. The fourth-order valence-corrected chi connectivity index (χ4v) is 2.50. The van der Waals surface area contributed by atoms with E-state index in [1.54, 1.807) is 0 Å². The number of para-hydroxylation sites is 1. The Morgan fingerprint density at radius 3 is 2.52 bits per heavy atom. The van der Waals surface area contributed by atoms with Crippen molar-refractivity contribution >= 4 is 16.8 Å². The summed E-state index contributed by atoms with van der Waals surface area (Å²) in [5, 5.41) is 1.19. The van der Waals surface area contributed by atoms with E-state index in [-0.39, 0.29) is 5.91 Å². The van der Waals surface area contributed by atoms with Crippen molar-refractivity contribution in [2.45, 2.75) is 19.9 Å². The Morgan fingerprint density at radius 1 is 1.14 bits per heavy atom. The van der Waals surface area contributed by atoms with Crippen LogP contribution in [0.2, 0.25) is 0 Å². The highest BCUT2D eigenvalue weighted by Gasteiger charge is 2.14. The zero-order valence-corrected chi connectivity index (χ0v) is 13.5. The first-order valence-corrected chi connectivity index (χ1v) is 7.48. The van der Waals surface area contributed by atoms with Crippen LogP contribution in [0.25, 0.3) is 10.9 Å². The average molecular weight is 287 g/mol. The number of fused-ring (bicyclic) bond motifs is 1. The number of hydrogen-bond acceptors (Lipinski definition) is 2. The van der Waals surface area contributed by atoms with Crippen molar-refractivity contribution in [2.24, 2.45) is 0 Å². The predicted molar refractivity (Wildman–Crippen MR) is 87.5 cm³/mol. The third-order valence-corrected chi connectivity index (χ3v) is 3.86. The van der Waals surface area contributed by atoms with E-state index in [4.69, 9.17) is 0 Å². The summed E-state index contributed by atoms with van der Waals surface area (Å²) in [5.74, 6) is 0.177. The van der Waals surface area contributed by atoms with Crippen molar-refractivity contribution in [2.75, 3.05) is 34.2 Å².